The Morgan fingerprint density at radius 3 is 2.69 bits per heavy atom. The molecule has 9 nitrogen and oxygen atoms in total. The summed E-state index contributed by atoms with van der Waals surface area (Å²) >= 11 is 0. The SMILES string of the molecule is COCCCN(C)c1ccncc1NC(=O)c1nc(-c2ccc(CCN)cc2)cnc1N. The summed E-state index contributed by atoms with van der Waals surface area (Å²) in [5, 5.41) is 2.87. The van der Waals surface area contributed by atoms with Crippen LogP contribution in [0.3, 0.4) is 0 Å². The van der Waals surface area contributed by atoms with E-state index in [1.807, 2.05) is 42.3 Å². The van der Waals surface area contributed by atoms with Gasteiger partial charge in [-0.15, -0.1) is 0 Å². The van der Waals surface area contributed by atoms with Crippen molar-refractivity contribution < 1.29 is 9.53 Å². The molecule has 0 atom stereocenters. The number of nitrogens with zero attached hydrogens (tertiary/aromatic N) is 4. The van der Waals surface area contributed by atoms with E-state index in [1.54, 1.807) is 25.7 Å². The van der Waals surface area contributed by atoms with Gasteiger partial charge in [0.1, 0.15) is 0 Å². The molecule has 0 saturated carbocycles. The molecule has 0 fully saturated rings. The van der Waals surface area contributed by atoms with Gasteiger partial charge in [-0.05, 0) is 31.0 Å². The number of nitrogens with two attached hydrogens (primary N) is 2. The van der Waals surface area contributed by atoms with Crippen LogP contribution in [0.5, 0.6) is 0 Å². The average molecular weight is 436 g/mol. The van der Waals surface area contributed by atoms with Crippen LogP contribution in [-0.4, -0.2) is 54.7 Å². The van der Waals surface area contributed by atoms with Gasteiger partial charge in [-0.2, -0.15) is 0 Å². The molecule has 0 radical (unpaired) electrons. The first-order chi connectivity index (χ1) is 15.5. The Labute approximate surface area is 187 Å². The number of aromatic nitrogens is 3. The minimum Gasteiger partial charge on any atom is -0.385 e. The van der Waals surface area contributed by atoms with Crippen LogP contribution in [0.15, 0.2) is 48.9 Å². The molecule has 0 bridgehead atoms. The number of anilines is 3. The summed E-state index contributed by atoms with van der Waals surface area (Å²) in [6, 6.07) is 9.68. The third-order valence-electron chi connectivity index (χ3n) is 5.00. The first-order valence-corrected chi connectivity index (χ1v) is 10.4. The highest BCUT2D eigenvalue weighted by Crippen LogP contribution is 2.25. The van der Waals surface area contributed by atoms with Gasteiger partial charge in [-0.1, -0.05) is 24.3 Å². The molecule has 32 heavy (non-hydrogen) atoms. The first-order valence-electron chi connectivity index (χ1n) is 10.4. The fourth-order valence-electron chi connectivity index (χ4n) is 3.28. The van der Waals surface area contributed by atoms with Crippen molar-refractivity contribution in [3.63, 3.8) is 0 Å². The molecule has 9 heteroatoms. The van der Waals surface area contributed by atoms with E-state index in [2.05, 4.69) is 20.3 Å². The van der Waals surface area contributed by atoms with Gasteiger partial charge in [0.15, 0.2) is 11.5 Å². The lowest BCUT2D eigenvalue weighted by atomic mass is 10.1. The minimum atomic E-state index is -0.448. The van der Waals surface area contributed by atoms with Crippen LogP contribution in [-0.2, 0) is 11.2 Å². The zero-order valence-electron chi connectivity index (χ0n) is 18.4. The van der Waals surface area contributed by atoms with E-state index in [4.69, 9.17) is 16.2 Å². The largest absolute Gasteiger partial charge is 0.385 e. The predicted octanol–water partition coefficient (Wildman–Crippen LogP) is 2.35. The smallest absolute Gasteiger partial charge is 0.278 e. The van der Waals surface area contributed by atoms with Crippen molar-refractivity contribution in [1.29, 1.82) is 0 Å². The number of hydrogen-bond acceptors (Lipinski definition) is 8. The van der Waals surface area contributed by atoms with Gasteiger partial charge in [0, 0.05) is 39.1 Å². The molecule has 168 valence electrons. The highest BCUT2D eigenvalue weighted by atomic mass is 16.5. The lowest BCUT2D eigenvalue weighted by molar-refractivity contribution is 0.102. The van der Waals surface area contributed by atoms with Gasteiger partial charge in [-0.25, -0.2) is 9.97 Å². The maximum absolute atomic E-state index is 13.0. The maximum Gasteiger partial charge on any atom is 0.278 e. The summed E-state index contributed by atoms with van der Waals surface area (Å²) in [6.07, 6.45) is 6.50. The van der Waals surface area contributed by atoms with Gasteiger partial charge in [0.2, 0.25) is 0 Å². The van der Waals surface area contributed by atoms with E-state index in [0.29, 0.717) is 24.5 Å². The van der Waals surface area contributed by atoms with Gasteiger partial charge in [0.25, 0.3) is 5.91 Å². The highest BCUT2D eigenvalue weighted by molar-refractivity contribution is 6.07. The number of methoxy groups -OCH3 is 1. The van der Waals surface area contributed by atoms with Crippen molar-refractivity contribution in [2.45, 2.75) is 12.8 Å². The molecule has 2 heterocycles. The third-order valence-corrected chi connectivity index (χ3v) is 5.00. The average Bonchev–Trinajstić information content (AvgIpc) is 2.80. The molecule has 0 unspecified atom stereocenters. The monoisotopic (exact) mass is 435 g/mol. The van der Waals surface area contributed by atoms with E-state index >= 15 is 0 Å². The summed E-state index contributed by atoms with van der Waals surface area (Å²) in [7, 11) is 3.62. The molecule has 0 saturated heterocycles. The molecular weight excluding hydrogens is 406 g/mol. The summed E-state index contributed by atoms with van der Waals surface area (Å²) < 4.78 is 5.12. The number of carbonyl (C=O) groups is 1. The van der Waals surface area contributed by atoms with E-state index < -0.39 is 5.91 Å². The maximum atomic E-state index is 13.0. The Morgan fingerprint density at radius 2 is 1.97 bits per heavy atom. The lowest BCUT2D eigenvalue weighted by Gasteiger charge is -2.22. The Bertz CT molecular complexity index is 1040. The molecule has 3 aromatic rings. The zero-order chi connectivity index (χ0) is 22.9. The van der Waals surface area contributed by atoms with Crippen LogP contribution in [0.4, 0.5) is 17.2 Å². The molecule has 0 spiro atoms. The second-order valence-corrected chi connectivity index (χ2v) is 7.34. The van der Waals surface area contributed by atoms with Crippen LogP contribution >= 0.6 is 0 Å². The van der Waals surface area contributed by atoms with E-state index in [0.717, 1.165) is 36.2 Å². The minimum absolute atomic E-state index is 0.0601. The number of hydrogen-bond donors (Lipinski definition) is 3. The van der Waals surface area contributed by atoms with Crippen molar-refractivity contribution in [2.24, 2.45) is 5.73 Å². The normalized spacial score (nSPS) is 10.7. The number of carbonyl (C=O) groups excluding carboxylic acids is 1. The number of ether oxygens (including phenoxy) is 1. The van der Waals surface area contributed by atoms with E-state index in [9.17, 15) is 4.79 Å². The topological polar surface area (TPSA) is 132 Å². The Balaban J connectivity index is 1.81. The second-order valence-electron chi connectivity index (χ2n) is 7.34. The van der Waals surface area contributed by atoms with Gasteiger partial charge >= 0.3 is 0 Å². The number of amides is 1. The Morgan fingerprint density at radius 1 is 1.19 bits per heavy atom. The fourth-order valence-corrected chi connectivity index (χ4v) is 3.28. The van der Waals surface area contributed by atoms with Crippen molar-refractivity contribution in [3.05, 3.63) is 60.2 Å². The molecule has 1 aromatic carbocycles. The summed E-state index contributed by atoms with van der Waals surface area (Å²) in [5.41, 5.74) is 15.6. The number of rotatable bonds is 10. The predicted molar refractivity (Wildman–Crippen MR) is 127 cm³/mol. The first kappa shape index (κ1) is 23.1. The van der Waals surface area contributed by atoms with Crippen LogP contribution in [0, 0.1) is 0 Å². The van der Waals surface area contributed by atoms with E-state index in [1.165, 1.54) is 0 Å². The van der Waals surface area contributed by atoms with Crippen LogP contribution in [0.2, 0.25) is 0 Å². The molecule has 1 amide bonds. The van der Waals surface area contributed by atoms with Crippen LogP contribution < -0.4 is 21.7 Å². The molecule has 0 aliphatic carbocycles. The summed E-state index contributed by atoms with van der Waals surface area (Å²) in [4.78, 5) is 27.8. The standard InChI is InChI=1S/C23H29N7O2/c1-30(12-3-13-32-2)20-9-11-26-14-19(20)29-23(31)21-22(25)27-15-18(28-21)17-6-4-16(5-7-17)8-10-24/h4-7,9,11,14-15H,3,8,10,12-13,24H2,1-2H3,(H2,25,27)(H,29,31). The van der Waals surface area contributed by atoms with Crippen molar-refractivity contribution in [3.8, 4) is 11.3 Å². The van der Waals surface area contributed by atoms with Gasteiger partial charge < -0.3 is 26.4 Å². The van der Waals surface area contributed by atoms with Crippen LogP contribution in [0.25, 0.3) is 11.3 Å². The second kappa shape index (κ2) is 11.2. The fraction of sp³-hybridized carbons (Fsp3) is 0.304. The van der Waals surface area contributed by atoms with Crippen molar-refractivity contribution >= 4 is 23.1 Å². The molecule has 0 aliphatic heterocycles. The molecular formula is C23H29N7O2. The lowest BCUT2D eigenvalue weighted by Crippen LogP contribution is -2.23. The molecule has 5 N–H and O–H groups in total. The Hall–Kier alpha value is -3.56. The van der Waals surface area contributed by atoms with Gasteiger partial charge in [-0.3, -0.25) is 9.78 Å². The van der Waals surface area contributed by atoms with Crippen molar-refractivity contribution in [2.75, 3.05) is 49.8 Å². The quantitative estimate of drug-likeness (QED) is 0.413. The number of benzene rings is 1. The molecule has 0 aliphatic rings. The number of pyridine rings is 1. The third kappa shape index (κ3) is 5.77. The zero-order valence-corrected chi connectivity index (χ0v) is 18.4. The van der Waals surface area contributed by atoms with Gasteiger partial charge in [0.05, 0.1) is 29.5 Å². The summed E-state index contributed by atoms with van der Waals surface area (Å²) in [5.74, 6) is -0.388. The molecule has 2 aromatic heterocycles. The molecule has 3 rings (SSSR count). The highest BCUT2D eigenvalue weighted by Gasteiger charge is 2.17. The number of nitrogen functional groups attached to an aromatic ring is 1. The number of nitrogens with one attached hydrogen (secondary N) is 1. The summed E-state index contributed by atoms with van der Waals surface area (Å²) in [6.45, 7) is 2.00. The van der Waals surface area contributed by atoms with E-state index in [-0.39, 0.29) is 11.5 Å². The van der Waals surface area contributed by atoms with Crippen molar-refractivity contribution in [1.82, 2.24) is 15.0 Å². The van der Waals surface area contributed by atoms with Crippen LogP contribution in [0.1, 0.15) is 22.5 Å². The Kier molecular flexibility index (Phi) is 8.07.